The third kappa shape index (κ3) is 3.75. The summed E-state index contributed by atoms with van der Waals surface area (Å²) in [5.41, 5.74) is 1.21. The van der Waals surface area contributed by atoms with E-state index in [4.69, 9.17) is 5.11 Å². The molecule has 0 aliphatic heterocycles. The third-order valence-electron chi connectivity index (χ3n) is 3.25. The number of carbonyl (C=O) groups excluding carboxylic acids is 1. The first-order valence-electron chi connectivity index (χ1n) is 6.28. The van der Waals surface area contributed by atoms with Gasteiger partial charge in [0.1, 0.15) is 0 Å². The fraction of sp³-hybridized carbons (Fsp3) is 0.500. The van der Waals surface area contributed by atoms with E-state index in [2.05, 4.69) is 18.3 Å². The highest BCUT2D eigenvalue weighted by molar-refractivity contribution is 8.00. The van der Waals surface area contributed by atoms with Gasteiger partial charge in [0, 0.05) is 11.4 Å². The Morgan fingerprint density at radius 2 is 2.17 bits per heavy atom. The summed E-state index contributed by atoms with van der Waals surface area (Å²) in [5, 5.41) is 12.1. The van der Waals surface area contributed by atoms with Crippen LogP contribution in [-0.2, 0) is 4.79 Å². The molecule has 18 heavy (non-hydrogen) atoms. The van der Waals surface area contributed by atoms with Crippen LogP contribution in [0.4, 0.5) is 0 Å². The second-order valence-corrected chi connectivity index (χ2v) is 5.87. The molecule has 0 radical (unpaired) electrons. The monoisotopic (exact) mass is 265 g/mol. The van der Waals surface area contributed by atoms with Gasteiger partial charge >= 0.3 is 0 Å². The smallest absolute Gasteiger partial charge is 0.230 e. The number of hydrogen-bond donors (Lipinski definition) is 2. The van der Waals surface area contributed by atoms with Gasteiger partial charge in [-0.1, -0.05) is 18.2 Å². The van der Waals surface area contributed by atoms with Crippen molar-refractivity contribution in [3.05, 3.63) is 29.8 Å². The zero-order valence-corrected chi connectivity index (χ0v) is 11.4. The molecule has 1 fully saturated rings. The molecule has 2 N–H and O–H groups in total. The maximum atomic E-state index is 11.7. The van der Waals surface area contributed by atoms with E-state index in [1.165, 1.54) is 5.56 Å². The minimum Gasteiger partial charge on any atom is -0.393 e. The highest BCUT2D eigenvalue weighted by atomic mass is 32.2. The zero-order valence-electron chi connectivity index (χ0n) is 10.6. The van der Waals surface area contributed by atoms with Crippen molar-refractivity contribution in [2.45, 2.75) is 30.8 Å². The van der Waals surface area contributed by atoms with Crippen LogP contribution in [0.25, 0.3) is 0 Å². The molecule has 1 aliphatic carbocycles. The molecule has 1 aromatic rings. The molecule has 1 aromatic carbocycles. The lowest BCUT2D eigenvalue weighted by molar-refractivity contribution is -0.119. The van der Waals surface area contributed by atoms with Crippen LogP contribution in [-0.4, -0.2) is 29.4 Å². The summed E-state index contributed by atoms with van der Waals surface area (Å²) >= 11 is 1.57. The van der Waals surface area contributed by atoms with Gasteiger partial charge in [-0.05, 0) is 37.3 Å². The van der Waals surface area contributed by atoms with E-state index in [0.29, 0.717) is 18.2 Å². The molecule has 0 aromatic heterocycles. The highest BCUT2D eigenvalue weighted by Gasteiger charge is 2.26. The van der Waals surface area contributed by atoms with Crippen LogP contribution in [0.15, 0.2) is 29.2 Å². The molecule has 1 amide bonds. The van der Waals surface area contributed by atoms with E-state index < -0.39 is 0 Å². The maximum Gasteiger partial charge on any atom is 0.230 e. The topological polar surface area (TPSA) is 49.3 Å². The van der Waals surface area contributed by atoms with E-state index in [1.807, 2.05) is 18.2 Å². The van der Waals surface area contributed by atoms with Gasteiger partial charge in [0.2, 0.25) is 5.91 Å². The van der Waals surface area contributed by atoms with Crippen molar-refractivity contribution in [2.24, 2.45) is 5.92 Å². The second kappa shape index (κ2) is 6.25. The first-order chi connectivity index (χ1) is 8.65. The Morgan fingerprint density at radius 1 is 1.44 bits per heavy atom. The number of aliphatic hydroxyl groups is 1. The molecular formula is C14H19NO2S. The van der Waals surface area contributed by atoms with Crippen LogP contribution < -0.4 is 5.32 Å². The van der Waals surface area contributed by atoms with E-state index in [9.17, 15) is 4.79 Å². The molecule has 1 saturated carbocycles. The minimum atomic E-state index is -0.145. The van der Waals surface area contributed by atoms with Crippen molar-refractivity contribution in [2.75, 3.05) is 12.3 Å². The standard InChI is InChI=1S/C14H19NO2S/c1-10-4-2-3-5-13(10)18-9-14(17)15-8-11-6-12(16)7-11/h2-5,11-12,16H,6-9H2,1H3,(H,15,17). The Labute approximate surface area is 112 Å². The predicted octanol–water partition coefficient (Wildman–Crippen LogP) is 1.97. The van der Waals surface area contributed by atoms with Crippen LogP contribution in [0.3, 0.4) is 0 Å². The van der Waals surface area contributed by atoms with E-state index in [-0.39, 0.29) is 12.0 Å². The number of carbonyl (C=O) groups is 1. The first kappa shape index (κ1) is 13.4. The van der Waals surface area contributed by atoms with Crippen molar-refractivity contribution in [3.63, 3.8) is 0 Å². The molecule has 98 valence electrons. The zero-order chi connectivity index (χ0) is 13.0. The van der Waals surface area contributed by atoms with Gasteiger partial charge in [0.25, 0.3) is 0 Å². The molecule has 4 heteroatoms. The Morgan fingerprint density at radius 3 is 2.83 bits per heavy atom. The number of nitrogens with one attached hydrogen (secondary N) is 1. The number of aliphatic hydroxyl groups excluding tert-OH is 1. The van der Waals surface area contributed by atoms with Gasteiger partial charge in [-0.2, -0.15) is 0 Å². The van der Waals surface area contributed by atoms with Crippen molar-refractivity contribution in [1.29, 1.82) is 0 Å². The maximum absolute atomic E-state index is 11.7. The number of thioether (sulfide) groups is 1. The molecule has 0 saturated heterocycles. The lowest BCUT2D eigenvalue weighted by Gasteiger charge is -2.31. The van der Waals surface area contributed by atoms with Gasteiger partial charge in [-0.25, -0.2) is 0 Å². The summed E-state index contributed by atoms with van der Waals surface area (Å²) in [4.78, 5) is 12.8. The Bertz CT molecular complexity index is 416. The van der Waals surface area contributed by atoms with Crippen molar-refractivity contribution in [1.82, 2.24) is 5.32 Å². The molecule has 0 spiro atoms. The third-order valence-corrected chi connectivity index (χ3v) is 4.43. The van der Waals surface area contributed by atoms with Crippen LogP contribution in [0, 0.1) is 12.8 Å². The van der Waals surface area contributed by atoms with Crippen molar-refractivity contribution < 1.29 is 9.90 Å². The molecule has 3 nitrogen and oxygen atoms in total. The number of aryl methyl sites for hydroxylation is 1. The quantitative estimate of drug-likeness (QED) is 0.800. The number of benzene rings is 1. The van der Waals surface area contributed by atoms with Crippen LogP contribution in [0.2, 0.25) is 0 Å². The molecule has 2 rings (SSSR count). The Hall–Kier alpha value is -1.00. The van der Waals surface area contributed by atoms with E-state index in [0.717, 1.165) is 17.7 Å². The fourth-order valence-electron chi connectivity index (χ4n) is 2.04. The van der Waals surface area contributed by atoms with Gasteiger partial charge in [-0.15, -0.1) is 11.8 Å². The Kier molecular flexibility index (Phi) is 4.66. The van der Waals surface area contributed by atoms with Crippen molar-refractivity contribution >= 4 is 17.7 Å². The number of hydrogen-bond acceptors (Lipinski definition) is 3. The molecule has 0 unspecified atom stereocenters. The largest absolute Gasteiger partial charge is 0.393 e. The van der Waals surface area contributed by atoms with E-state index in [1.54, 1.807) is 11.8 Å². The summed E-state index contributed by atoms with van der Waals surface area (Å²) in [7, 11) is 0. The Balaban J connectivity index is 1.67. The summed E-state index contributed by atoms with van der Waals surface area (Å²) in [5.74, 6) is 0.997. The molecule has 0 heterocycles. The number of rotatable bonds is 5. The van der Waals surface area contributed by atoms with Crippen LogP contribution in [0.5, 0.6) is 0 Å². The van der Waals surface area contributed by atoms with Crippen molar-refractivity contribution in [3.8, 4) is 0 Å². The van der Waals surface area contributed by atoms with Gasteiger partial charge in [0.15, 0.2) is 0 Å². The van der Waals surface area contributed by atoms with Gasteiger partial charge in [0.05, 0.1) is 11.9 Å². The van der Waals surface area contributed by atoms with Gasteiger partial charge in [-0.3, -0.25) is 4.79 Å². The lowest BCUT2D eigenvalue weighted by Crippen LogP contribution is -2.38. The summed E-state index contributed by atoms with van der Waals surface area (Å²) in [6, 6.07) is 8.08. The van der Waals surface area contributed by atoms with E-state index >= 15 is 0 Å². The molecule has 0 bridgehead atoms. The minimum absolute atomic E-state index is 0.0737. The summed E-state index contributed by atoms with van der Waals surface area (Å²) in [6.07, 6.45) is 1.50. The average Bonchev–Trinajstić information content (AvgIpc) is 2.32. The molecule has 1 aliphatic rings. The van der Waals surface area contributed by atoms with Crippen LogP contribution in [0.1, 0.15) is 18.4 Å². The molecule has 0 atom stereocenters. The fourth-order valence-corrected chi connectivity index (χ4v) is 2.90. The first-order valence-corrected chi connectivity index (χ1v) is 7.27. The normalized spacial score (nSPS) is 22.3. The summed E-state index contributed by atoms with van der Waals surface area (Å²) in [6.45, 7) is 2.75. The summed E-state index contributed by atoms with van der Waals surface area (Å²) < 4.78 is 0. The predicted molar refractivity (Wildman–Crippen MR) is 73.6 cm³/mol. The van der Waals surface area contributed by atoms with Gasteiger partial charge < -0.3 is 10.4 Å². The van der Waals surface area contributed by atoms with Crippen LogP contribution >= 0.6 is 11.8 Å². The second-order valence-electron chi connectivity index (χ2n) is 4.85. The average molecular weight is 265 g/mol. The number of amides is 1. The SMILES string of the molecule is Cc1ccccc1SCC(=O)NCC1CC(O)C1. The molecular weight excluding hydrogens is 246 g/mol. The lowest BCUT2D eigenvalue weighted by atomic mass is 9.82. The highest BCUT2D eigenvalue weighted by Crippen LogP contribution is 2.26.